The summed E-state index contributed by atoms with van der Waals surface area (Å²) in [7, 11) is -1.16. The Bertz CT molecular complexity index is 532. The monoisotopic (exact) mass is 331 g/mol. The zero-order valence-electron chi connectivity index (χ0n) is 13.3. The molecule has 1 unspecified atom stereocenters. The van der Waals surface area contributed by atoms with Crippen molar-refractivity contribution in [2.24, 2.45) is 5.92 Å². The Morgan fingerprint density at radius 1 is 1.19 bits per heavy atom. The lowest BCUT2D eigenvalue weighted by atomic mass is 9.97. The summed E-state index contributed by atoms with van der Waals surface area (Å²) in [6.45, 7) is 6.08. The summed E-state index contributed by atoms with van der Waals surface area (Å²) in [5.41, 5.74) is 1.19. The topological polar surface area (TPSA) is 46.2 Å². The number of hydrogen-bond donors (Lipinski definition) is 1. The van der Waals surface area contributed by atoms with Gasteiger partial charge in [-0.1, -0.05) is 23.7 Å². The second-order valence-electron chi connectivity index (χ2n) is 6.47. The molecule has 0 radical (unpaired) electrons. The van der Waals surface area contributed by atoms with Crippen LogP contribution in [-0.2, 0) is 16.3 Å². The molecule has 1 atom stereocenters. The van der Waals surface area contributed by atoms with E-state index in [2.05, 4.69) is 5.32 Å². The number of rotatable bonds is 7. The fraction of sp³-hybridized carbons (Fsp3) is 0.625. The Kier molecular flexibility index (Phi) is 6.70. The lowest BCUT2D eigenvalue weighted by molar-refractivity contribution is 0.474. The third-order valence-corrected chi connectivity index (χ3v) is 6.55. The van der Waals surface area contributed by atoms with E-state index < -0.39 is 14.6 Å². The highest BCUT2D eigenvalue weighted by Gasteiger charge is 2.29. The average Bonchev–Trinajstić information content (AvgIpc) is 2.37. The molecule has 1 rings (SSSR count). The molecule has 1 N–H and O–H groups in total. The largest absolute Gasteiger partial charge is 0.319 e. The van der Waals surface area contributed by atoms with Gasteiger partial charge in [0.15, 0.2) is 9.84 Å². The van der Waals surface area contributed by atoms with Gasteiger partial charge < -0.3 is 5.32 Å². The van der Waals surface area contributed by atoms with Crippen molar-refractivity contribution in [1.29, 1.82) is 0 Å². The average molecular weight is 332 g/mol. The first-order chi connectivity index (χ1) is 9.65. The zero-order chi connectivity index (χ0) is 16.1. The molecule has 3 nitrogen and oxygen atoms in total. The molecule has 0 aliphatic carbocycles. The highest BCUT2D eigenvalue weighted by atomic mass is 35.5. The number of benzene rings is 1. The summed E-state index contributed by atoms with van der Waals surface area (Å²) in [4.78, 5) is 0. The van der Waals surface area contributed by atoms with Crippen molar-refractivity contribution in [1.82, 2.24) is 5.32 Å². The van der Waals surface area contributed by atoms with Gasteiger partial charge in [-0.2, -0.15) is 0 Å². The number of sulfone groups is 1. The first kappa shape index (κ1) is 18.5. The summed E-state index contributed by atoms with van der Waals surface area (Å²) >= 11 is 5.89. The molecule has 0 saturated heterocycles. The smallest absolute Gasteiger partial charge is 0.155 e. The third kappa shape index (κ3) is 5.97. The maximum Gasteiger partial charge on any atom is 0.155 e. The summed E-state index contributed by atoms with van der Waals surface area (Å²) < 4.78 is 23.8. The van der Waals surface area contributed by atoms with Crippen LogP contribution in [0.2, 0.25) is 5.02 Å². The second kappa shape index (κ2) is 7.61. The fourth-order valence-corrected chi connectivity index (χ4v) is 3.53. The van der Waals surface area contributed by atoms with Gasteiger partial charge in [0.05, 0.1) is 10.5 Å². The predicted octanol–water partition coefficient (Wildman–Crippen LogP) is 3.32. The molecule has 120 valence electrons. The minimum Gasteiger partial charge on any atom is -0.319 e. The number of halogens is 1. The van der Waals surface area contributed by atoms with Crippen LogP contribution in [0.15, 0.2) is 24.3 Å². The first-order valence-electron chi connectivity index (χ1n) is 7.27. The van der Waals surface area contributed by atoms with Gasteiger partial charge >= 0.3 is 0 Å². The highest BCUT2D eigenvalue weighted by Crippen LogP contribution is 2.21. The Hall–Kier alpha value is -0.580. The van der Waals surface area contributed by atoms with Crippen molar-refractivity contribution in [2.45, 2.75) is 38.4 Å². The molecular weight excluding hydrogens is 306 g/mol. The van der Waals surface area contributed by atoms with Crippen LogP contribution < -0.4 is 5.32 Å². The standard InChI is InChI=1S/C16H26ClNO2S/c1-16(2,3)21(19,20)10-9-14(12-18-4)11-13-5-7-15(17)8-6-13/h5-8,14,18H,9-12H2,1-4H3. The molecule has 0 aliphatic rings. The van der Waals surface area contributed by atoms with Crippen molar-refractivity contribution in [3.05, 3.63) is 34.9 Å². The molecule has 0 fully saturated rings. The molecule has 0 spiro atoms. The molecule has 0 aromatic heterocycles. The number of hydrogen-bond acceptors (Lipinski definition) is 3. The van der Waals surface area contributed by atoms with Crippen LogP contribution in [-0.4, -0.2) is 32.5 Å². The van der Waals surface area contributed by atoms with Gasteiger partial charge in [0.25, 0.3) is 0 Å². The SMILES string of the molecule is CNCC(CCS(=O)(=O)C(C)(C)C)Cc1ccc(Cl)cc1. The Labute approximate surface area is 134 Å². The van der Waals surface area contributed by atoms with Gasteiger partial charge in [-0.3, -0.25) is 0 Å². The summed E-state index contributed by atoms with van der Waals surface area (Å²) in [6, 6.07) is 7.75. The van der Waals surface area contributed by atoms with E-state index in [9.17, 15) is 8.42 Å². The van der Waals surface area contributed by atoms with E-state index in [0.29, 0.717) is 12.3 Å². The van der Waals surface area contributed by atoms with Crippen LogP contribution in [0.5, 0.6) is 0 Å². The van der Waals surface area contributed by atoms with E-state index >= 15 is 0 Å². The normalized spacial score (nSPS) is 14.1. The first-order valence-corrected chi connectivity index (χ1v) is 9.30. The van der Waals surface area contributed by atoms with E-state index in [0.717, 1.165) is 18.0 Å². The van der Waals surface area contributed by atoms with Crippen LogP contribution in [0, 0.1) is 5.92 Å². The van der Waals surface area contributed by atoms with E-state index in [1.54, 1.807) is 20.8 Å². The van der Waals surface area contributed by atoms with Crippen molar-refractivity contribution < 1.29 is 8.42 Å². The Morgan fingerprint density at radius 2 is 1.76 bits per heavy atom. The molecular formula is C16H26ClNO2S. The Balaban J connectivity index is 2.68. The van der Waals surface area contributed by atoms with Gasteiger partial charge in [-0.05, 0) is 70.8 Å². The van der Waals surface area contributed by atoms with Gasteiger partial charge in [0.1, 0.15) is 0 Å². The maximum absolute atomic E-state index is 12.2. The van der Waals surface area contributed by atoms with Crippen LogP contribution in [0.4, 0.5) is 0 Å². The fourth-order valence-electron chi connectivity index (χ4n) is 2.15. The van der Waals surface area contributed by atoms with Crippen molar-refractivity contribution >= 4 is 21.4 Å². The van der Waals surface area contributed by atoms with E-state index in [1.807, 2.05) is 31.3 Å². The molecule has 0 amide bonds. The lowest BCUT2D eigenvalue weighted by Crippen LogP contribution is -2.32. The van der Waals surface area contributed by atoms with Crippen LogP contribution in [0.25, 0.3) is 0 Å². The Morgan fingerprint density at radius 3 is 2.24 bits per heavy atom. The molecule has 0 saturated carbocycles. The maximum atomic E-state index is 12.2. The highest BCUT2D eigenvalue weighted by molar-refractivity contribution is 7.92. The van der Waals surface area contributed by atoms with Crippen LogP contribution >= 0.6 is 11.6 Å². The minimum absolute atomic E-state index is 0.233. The van der Waals surface area contributed by atoms with Crippen molar-refractivity contribution in [3.8, 4) is 0 Å². The molecule has 0 bridgehead atoms. The summed E-state index contributed by atoms with van der Waals surface area (Å²) in [6.07, 6.45) is 1.53. The summed E-state index contributed by atoms with van der Waals surface area (Å²) in [5, 5.41) is 3.88. The molecule has 0 aliphatic heterocycles. The molecule has 1 aromatic carbocycles. The van der Waals surface area contributed by atoms with Gasteiger partial charge in [-0.15, -0.1) is 0 Å². The molecule has 0 heterocycles. The summed E-state index contributed by atoms with van der Waals surface area (Å²) in [5.74, 6) is 0.532. The van der Waals surface area contributed by atoms with Gasteiger partial charge in [0, 0.05) is 5.02 Å². The number of nitrogens with one attached hydrogen (secondary N) is 1. The van der Waals surface area contributed by atoms with E-state index in [4.69, 9.17) is 11.6 Å². The van der Waals surface area contributed by atoms with Crippen LogP contribution in [0.1, 0.15) is 32.8 Å². The van der Waals surface area contributed by atoms with E-state index in [1.165, 1.54) is 5.56 Å². The second-order valence-corrected chi connectivity index (χ2v) is 9.77. The lowest BCUT2D eigenvalue weighted by Gasteiger charge is -2.22. The minimum atomic E-state index is -3.06. The molecule has 21 heavy (non-hydrogen) atoms. The molecule has 5 heteroatoms. The zero-order valence-corrected chi connectivity index (χ0v) is 14.9. The van der Waals surface area contributed by atoms with Gasteiger partial charge in [0.2, 0.25) is 0 Å². The third-order valence-electron chi connectivity index (χ3n) is 3.66. The van der Waals surface area contributed by atoms with Gasteiger partial charge in [-0.25, -0.2) is 8.42 Å². The van der Waals surface area contributed by atoms with E-state index in [-0.39, 0.29) is 5.75 Å². The van der Waals surface area contributed by atoms with Crippen molar-refractivity contribution in [2.75, 3.05) is 19.3 Å². The quantitative estimate of drug-likeness (QED) is 0.833. The molecule has 1 aromatic rings. The van der Waals surface area contributed by atoms with Crippen LogP contribution in [0.3, 0.4) is 0 Å². The van der Waals surface area contributed by atoms with Crippen molar-refractivity contribution in [3.63, 3.8) is 0 Å². The predicted molar refractivity (Wildman–Crippen MR) is 90.7 cm³/mol.